The number of hydrogen-bond acceptors (Lipinski definition) is 4. The van der Waals surface area contributed by atoms with Gasteiger partial charge >= 0.3 is 0 Å². The van der Waals surface area contributed by atoms with E-state index in [1.165, 1.54) is 6.42 Å². The van der Waals surface area contributed by atoms with Gasteiger partial charge in [-0.05, 0) is 36.2 Å². The third-order valence-electron chi connectivity index (χ3n) is 6.63. The average molecular weight is 475 g/mol. The van der Waals surface area contributed by atoms with Crippen LogP contribution in [0, 0.1) is 5.92 Å². The van der Waals surface area contributed by atoms with Crippen molar-refractivity contribution in [3.8, 4) is 0 Å². The van der Waals surface area contributed by atoms with Crippen LogP contribution in [0.1, 0.15) is 45.4 Å². The van der Waals surface area contributed by atoms with Gasteiger partial charge in [0.05, 0.1) is 23.4 Å². The molecule has 3 aromatic rings. The Morgan fingerprint density at radius 1 is 1.17 bits per heavy atom. The van der Waals surface area contributed by atoms with Gasteiger partial charge < -0.3 is 4.98 Å². The monoisotopic (exact) mass is 474 g/mol. The molecular formula is C21H23BrN4O2S. The van der Waals surface area contributed by atoms with Crippen LogP contribution in [0.3, 0.4) is 0 Å². The van der Waals surface area contributed by atoms with Gasteiger partial charge in [-0.2, -0.15) is 0 Å². The molecule has 6 nitrogen and oxygen atoms in total. The molecule has 1 saturated carbocycles. The number of nitrogens with zero attached hydrogens (tertiary/aromatic N) is 3. The Kier molecular flexibility index (Phi) is 4.47. The highest BCUT2D eigenvalue weighted by molar-refractivity contribution is 9.11. The van der Waals surface area contributed by atoms with E-state index in [0.29, 0.717) is 17.6 Å². The van der Waals surface area contributed by atoms with Gasteiger partial charge in [-0.25, -0.2) is 18.4 Å². The molecule has 0 spiro atoms. The minimum absolute atomic E-state index is 0.0784. The second-order valence-electron chi connectivity index (χ2n) is 8.14. The summed E-state index contributed by atoms with van der Waals surface area (Å²) in [5, 5.41) is 0.111. The summed E-state index contributed by atoms with van der Waals surface area (Å²) in [6.45, 7) is 1.96. The SMILES string of the molecule is CC1=CC=C(Br)CC1(C1CCCCC1)S(=O)(=O)c1ncc2cnc3[nH]ccc3n12. The smallest absolute Gasteiger partial charge is 0.233 e. The second-order valence-corrected chi connectivity index (χ2v) is 11.3. The first-order valence-electron chi connectivity index (χ1n) is 10.0. The van der Waals surface area contributed by atoms with Crippen molar-refractivity contribution in [1.29, 1.82) is 0 Å². The zero-order valence-electron chi connectivity index (χ0n) is 16.2. The molecule has 1 fully saturated rings. The topological polar surface area (TPSA) is 80.1 Å². The maximum absolute atomic E-state index is 14.4. The van der Waals surface area contributed by atoms with Crippen molar-refractivity contribution in [2.45, 2.75) is 55.4 Å². The lowest BCUT2D eigenvalue weighted by Gasteiger charge is -2.43. The van der Waals surface area contributed by atoms with E-state index in [1.54, 1.807) is 23.0 Å². The molecule has 0 bridgehead atoms. The van der Waals surface area contributed by atoms with Gasteiger partial charge in [-0.3, -0.25) is 4.40 Å². The van der Waals surface area contributed by atoms with Gasteiger partial charge in [0, 0.05) is 12.6 Å². The van der Waals surface area contributed by atoms with Crippen molar-refractivity contribution in [2.24, 2.45) is 5.92 Å². The summed E-state index contributed by atoms with van der Waals surface area (Å²) in [6.07, 6.45) is 14.6. The summed E-state index contributed by atoms with van der Waals surface area (Å²) >= 11 is 3.61. The molecule has 8 heteroatoms. The third-order valence-corrected chi connectivity index (χ3v) is 9.70. The maximum atomic E-state index is 14.4. The Hall–Kier alpha value is -1.93. The van der Waals surface area contributed by atoms with Crippen LogP contribution in [0.4, 0.5) is 0 Å². The van der Waals surface area contributed by atoms with Crippen LogP contribution < -0.4 is 0 Å². The number of aromatic nitrogens is 4. The highest BCUT2D eigenvalue weighted by Gasteiger charge is 2.54. The summed E-state index contributed by atoms with van der Waals surface area (Å²) < 4.78 is 30.5. The zero-order valence-corrected chi connectivity index (χ0v) is 18.6. The molecule has 0 amide bonds. The molecule has 0 saturated heterocycles. The summed E-state index contributed by atoms with van der Waals surface area (Å²) in [4.78, 5) is 11.9. The first-order chi connectivity index (χ1) is 13.9. The summed E-state index contributed by atoms with van der Waals surface area (Å²) in [7, 11) is -3.79. The van der Waals surface area contributed by atoms with Crippen LogP contribution in [0.15, 0.2) is 52.0 Å². The van der Waals surface area contributed by atoms with Crippen molar-refractivity contribution < 1.29 is 8.42 Å². The molecule has 1 unspecified atom stereocenters. The fourth-order valence-electron chi connectivity index (χ4n) is 5.17. The van der Waals surface area contributed by atoms with E-state index in [-0.39, 0.29) is 11.1 Å². The van der Waals surface area contributed by atoms with E-state index in [1.807, 2.05) is 25.1 Å². The average Bonchev–Trinajstić information content (AvgIpc) is 3.36. The van der Waals surface area contributed by atoms with Crippen molar-refractivity contribution in [3.05, 3.63) is 46.9 Å². The van der Waals surface area contributed by atoms with Crippen molar-refractivity contribution in [3.63, 3.8) is 0 Å². The Bertz CT molecular complexity index is 1260. The van der Waals surface area contributed by atoms with Crippen molar-refractivity contribution in [1.82, 2.24) is 19.4 Å². The molecule has 1 N–H and O–H groups in total. The number of H-pyrrole nitrogens is 1. The van der Waals surface area contributed by atoms with Gasteiger partial charge in [-0.15, -0.1) is 0 Å². The van der Waals surface area contributed by atoms with Crippen LogP contribution in [-0.2, 0) is 9.84 Å². The van der Waals surface area contributed by atoms with Gasteiger partial charge in [0.1, 0.15) is 4.75 Å². The van der Waals surface area contributed by atoms with Crippen LogP contribution >= 0.6 is 15.9 Å². The molecule has 0 radical (unpaired) electrons. The molecule has 5 rings (SSSR count). The summed E-state index contributed by atoms with van der Waals surface area (Å²) in [5.74, 6) is 0.0784. The van der Waals surface area contributed by atoms with Crippen LogP contribution in [0.25, 0.3) is 16.7 Å². The Balaban J connectivity index is 1.79. The number of allylic oxidation sites excluding steroid dienone is 3. The number of nitrogens with one attached hydrogen (secondary N) is 1. The predicted octanol–water partition coefficient (Wildman–Crippen LogP) is 4.93. The van der Waals surface area contributed by atoms with Gasteiger partial charge in [0.15, 0.2) is 5.65 Å². The van der Waals surface area contributed by atoms with Gasteiger partial charge in [0.2, 0.25) is 15.0 Å². The standard InChI is InChI=1S/C21H23BrN4O2S/c1-14-7-8-16(22)11-21(14,15-5-3-2-4-6-15)29(27,28)20-25-13-17-12-24-19-18(26(17)20)9-10-23-19/h7-10,12-13,15,23H,2-6,11H2,1H3. The second kappa shape index (κ2) is 6.80. The number of aromatic amines is 1. The molecule has 1 atom stereocenters. The zero-order chi connectivity index (χ0) is 20.2. The van der Waals surface area contributed by atoms with Crippen molar-refractivity contribution in [2.75, 3.05) is 0 Å². The number of fused-ring (bicyclic) bond motifs is 3. The largest absolute Gasteiger partial charge is 0.345 e. The van der Waals surface area contributed by atoms with E-state index in [4.69, 9.17) is 0 Å². The highest BCUT2D eigenvalue weighted by atomic mass is 79.9. The van der Waals surface area contributed by atoms with E-state index >= 15 is 0 Å². The third kappa shape index (κ3) is 2.68. The Morgan fingerprint density at radius 3 is 2.72 bits per heavy atom. The lowest BCUT2D eigenvalue weighted by Crippen LogP contribution is -2.49. The molecule has 0 aromatic carbocycles. The Morgan fingerprint density at radius 2 is 1.93 bits per heavy atom. The number of rotatable bonds is 3. The van der Waals surface area contributed by atoms with Gasteiger partial charge in [0.25, 0.3) is 0 Å². The minimum atomic E-state index is -3.79. The van der Waals surface area contributed by atoms with Crippen LogP contribution in [-0.4, -0.2) is 32.5 Å². The van der Waals surface area contributed by atoms with Crippen LogP contribution in [0.2, 0.25) is 0 Å². The van der Waals surface area contributed by atoms with Crippen LogP contribution in [0.5, 0.6) is 0 Å². The lowest BCUT2D eigenvalue weighted by molar-refractivity contribution is 0.288. The number of sulfone groups is 1. The molecule has 3 aromatic heterocycles. The molecule has 152 valence electrons. The molecule has 2 aliphatic rings. The molecule has 3 heterocycles. The number of imidazole rings is 1. The molecule has 0 aliphatic heterocycles. The molecular weight excluding hydrogens is 452 g/mol. The maximum Gasteiger partial charge on any atom is 0.233 e. The van der Waals surface area contributed by atoms with E-state index in [9.17, 15) is 8.42 Å². The first kappa shape index (κ1) is 19.1. The van der Waals surface area contributed by atoms with Gasteiger partial charge in [-0.1, -0.05) is 52.9 Å². The lowest BCUT2D eigenvalue weighted by atomic mass is 9.73. The highest BCUT2D eigenvalue weighted by Crippen LogP contribution is 2.50. The van der Waals surface area contributed by atoms with E-state index in [2.05, 4.69) is 30.9 Å². The minimum Gasteiger partial charge on any atom is -0.345 e. The summed E-state index contributed by atoms with van der Waals surface area (Å²) in [5.41, 5.74) is 2.96. The fraction of sp³-hybridized carbons (Fsp3) is 0.429. The number of hydrogen-bond donors (Lipinski definition) is 1. The predicted molar refractivity (Wildman–Crippen MR) is 117 cm³/mol. The Labute approximate surface area is 178 Å². The summed E-state index contributed by atoms with van der Waals surface area (Å²) in [6, 6.07) is 1.85. The van der Waals surface area contributed by atoms with Crippen molar-refractivity contribution >= 4 is 42.4 Å². The van der Waals surface area contributed by atoms with E-state index < -0.39 is 14.6 Å². The first-order valence-corrected chi connectivity index (χ1v) is 12.3. The number of halogens is 1. The van der Waals surface area contributed by atoms with E-state index in [0.717, 1.165) is 41.3 Å². The molecule has 2 aliphatic carbocycles. The quantitative estimate of drug-likeness (QED) is 0.583. The molecule has 29 heavy (non-hydrogen) atoms. The fourth-order valence-corrected chi connectivity index (χ4v) is 8.40. The normalized spacial score (nSPS) is 24.1.